The summed E-state index contributed by atoms with van der Waals surface area (Å²) >= 11 is 0. The Kier molecular flexibility index (Phi) is 15.9. The number of unbranched alkanes of at least 4 members (excludes halogenated alkanes) is 13. The number of benzene rings is 1. The molecule has 0 amide bonds. The van der Waals surface area contributed by atoms with Crippen LogP contribution in [-0.2, 0) is 23.7 Å². The van der Waals surface area contributed by atoms with Crippen molar-refractivity contribution in [2.24, 2.45) is 7.05 Å². The Bertz CT molecular complexity index is 918. The van der Waals surface area contributed by atoms with E-state index in [-0.39, 0.29) is 4.90 Å². The second-order valence-corrected chi connectivity index (χ2v) is 11.3. The highest BCUT2D eigenvalue weighted by Gasteiger charge is 2.11. The van der Waals surface area contributed by atoms with Crippen LogP contribution in [0.1, 0.15) is 114 Å². The van der Waals surface area contributed by atoms with Crippen molar-refractivity contribution in [1.82, 2.24) is 4.68 Å². The zero-order chi connectivity index (χ0) is 26.1. The molecule has 0 spiro atoms. The average molecular weight is 507 g/mol. The van der Waals surface area contributed by atoms with Crippen LogP contribution in [0.15, 0.2) is 35.2 Å². The van der Waals surface area contributed by atoms with E-state index in [4.69, 9.17) is 0 Å². The Labute approximate surface area is 215 Å². The SMILES string of the molecule is CCCCCCCCCCCCCCCCn1c(C)cc(C)[n+]1C.Cc1ccc(S(=O)(=O)[O-])cc1. The van der Waals surface area contributed by atoms with Crippen LogP contribution in [0.3, 0.4) is 0 Å². The van der Waals surface area contributed by atoms with E-state index < -0.39 is 10.1 Å². The molecule has 0 N–H and O–H groups in total. The first kappa shape index (κ1) is 31.4. The van der Waals surface area contributed by atoms with Gasteiger partial charge < -0.3 is 4.55 Å². The summed E-state index contributed by atoms with van der Waals surface area (Å²) in [5.41, 5.74) is 3.68. The molecular formula is C29H50N2O3S. The fraction of sp³-hybridized carbons (Fsp3) is 0.690. The highest BCUT2D eigenvalue weighted by molar-refractivity contribution is 7.85. The van der Waals surface area contributed by atoms with Crippen LogP contribution in [0.2, 0.25) is 0 Å². The normalized spacial score (nSPS) is 11.4. The summed E-state index contributed by atoms with van der Waals surface area (Å²) in [4.78, 5) is -0.178. The number of nitrogens with zero attached hydrogens (tertiary/aromatic N) is 2. The fourth-order valence-corrected chi connectivity index (χ4v) is 4.85. The van der Waals surface area contributed by atoms with Gasteiger partial charge in [-0.05, 0) is 32.4 Å². The number of aryl methyl sites for hydroxylation is 3. The monoisotopic (exact) mass is 506 g/mol. The number of hydrogen-bond donors (Lipinski definition) is 0. The van der Waals surface area contributed by atoms with Crippen molar-refractivity contribution in [3.8, 4) is 0 Å². The average Bonchev–Trinajstić information content (AvgIpc) is 3.05. The third-order valence-corrected chi connectivity index (χ3v) is 7.58. The summed E-state index contributed by atoms with van der Waals surface area (Å²) in [5, 5.41) is 0. The van der Waals surface area contributed by atoms with Gasteiger partial charge in [0.2, 0.25) is 5.69 Å². The minimum Gasteiger partial charge on any atom is -0.744 e. The van der Waals surface area contributed by atoms with E-state index in [1.807, 2.05) is 6.92 Å². The lowest BCUT2D eigenvalue weighted by molar-refractivity contribution is -0.759. The summed E-state index contributed by atoms with van der Waals surface area (Å²) < 4.78 is 35.9. The predicted molar refractivity (Wildman–Crippen MR) is 145 cm³/mol. The Morgan fingerprint density at radius 2 is 1.17 bits per heavy atom. The Morgan fingerprint density at radius 1 is 0.743 bits per heavy atom. The Morgan fingerprint density at radius 3 is 1.54 bits per heavy atom. The molecule has 0 saturated heterocycles. The largest absolute Gasteiger partial charge is 0.744 e. The van der Waals surface area contributed by atoms with Gasteiger partial charge in [0.15, 0.2) is 7.05 Å². The lowest BCUT2D eigenvalue weighted by Crippen LogP contribution is -2.41. The quantitative estimate of drug-likeness (QED) is 0.136. The number of aromatic nitrogens is 2. The zero-order valence-corrected chi connectivity index (χ0v) is 23.8. The smallest absolute Gasteiger partial charge is 0.204 e. The molecule has 1 aromatic heterocycles. The Balaban J connectivity index is 0.000000462. The van der Waals surface area contributed by atoms with Crippen molar-refractivity contribution in [1.29, 1.82) is 0 Å². The molecule has 0 fully saturated rings. The minimum atomic E-state index is -4.27. The molecule has 200 valence electrons. The topological polar surface area (TPSA) is 66.0 Å². The standard InChI is InChI=1S/C22H43N2.C7H8O3S/c1-5-6-7-8-9-10-11-12-13-14-15-16-17-18-19-24-22(3)20-21(2)23(24)4;1-6-2-4-7(5-3-6)11(8,9)10/h20H,5-19H2,1-4H3;2-5H,1H3,(H,8,9,10)/q+1;/p-1. The van der Waals surface area contributed by atoms with Crippen LogP contribution in [0.4, 0.5) is 0 Å². The maximum absolute atomic E-state index is 10.4. The minimum absolute atomic E-state index is 0.178. The van der Waals surface area contributed by atoms with E-state index in [1.165, 1.54) is 120 Å². The molecule has 2 rings (SSSR count). The molecule has 0 radical (unpaired) electrons. The second-order valence-electron chi connectivity index (χ2n) is 9.94. The summed E-state index contributed by atoms with van der Waals surface area (Å²) in [5.74, 6) is 0. The van der Waals surface area contributed by atoms with Crippen LogP contribution < -0.4 is 4.68 Å². The van der Waals surface area contributed by atoms with E-state index in [0.29, 0.717) is 0 Å². The Hall–Kier alpha value is -1.66. The van der Waals surface area contributed by atoms with E-state index in [9.17, 15) is 13.0 Å². The van der Waals surface area contributed by atoms with Crippen LogP contribution in [0.5, 0.6) is 0 Å². The number of rotatable bonds is 16. The molecule has 35 heavy (non-hydrogen) atoms. The molecule has 0 aliphatic rings. The van der Waals surface area contributed by atoms with Gasteiger partial charge in [-0.15, -0.1) is 4.68 Å². The van der Waals surface area contributed by atoms with Gasteiger partial charge in [-0.3, -0.25) is 0 Å². The van der Waals surface area contributed by atoms with Gasteiger partial charge in [-0.2, -0.15) is 4.68 Å². The van der Waals surface area contributed by atoms with Crippen LogP contribution in [-0.4, -0.2) is 17.7 Å². The highest BCUT2D eigenvalue weighted by Crippen LogP contribution is 2.13. The summed E-state index contributed by atoms with van der Waals surface area (Å²) in [7, 11) is -2.10. The van der Waals surface area contributed by atoms with Crippen LogP contribution >= 0.6 is 0 Å². The van der Waals surface area contributed by atoms with Crippen LogP contribution in [0.25, 0.3) is 0 Å². The van der Waals surface area contributed by atoms with Crippen molar-refractivity contribution in [3.05, 3.63) is 47.3 Å². The van der Waals surface area contributed by atoms with Gasteiger partial charge >= 0.3 is 0 Å². The summed E-state index contributed by atoms with van der Waals surface area (Å²) in [6.45, 7) is 9.70. The van der Waals surface area contributed by atoms with Crippen molar-refractivity contribution in [3.63, 3.8) is 0 Å². The van der Waals surface area contributed by atoms with Crippen LogP contribution in [0, 0.1) is 20.8 Å². The molecule has 0 bridgehead atoms. The first-order chi connectivity index (χ1) is 16.7. The molecule has 1 aromatic carbocycles. The zero-order valence-electron chi connectivity index (χ0n) is 23.0. The van der Waals surface area contributed by atoms with Gasteiger partial charge in [0, 0.05) is 13.0 Å². The van der Waals surface area contributed by atoms with Crippen molar-refractivity contribution in [2.45, 2.75) is 129 Å². The number of hydrogen-bond acceptors (Lipinski definition) is 3. The predicted octanol–water partition coefficient (Wildman–Crippen LogP) is 7.31. The maximum atomic E-state index is 10.4. The second kappa shape index (κ2) is 17.7. The fourth-order valence-electron chi connectivity index (χ4n) is 4.38. The summed E-state index contributed by atoms with van der Waals surface area (Å²) in [6.07, 6.45) is 20.0. The lowest BCUT2D eigenvalue weighted by Gasteiger charge is -2.05. The first-order valence-corrected chi connectivity index (χ1v) is 15.1. The lowest BCUT2D eigenvalue weighted by atomic mass is 10.0. The van der Waals surface area contributed by atoms with E-state index >= 15 is 0 Å². The van der Waals surface area contributed by atoms with Gasteiger partial charge in [0.1, 0.15) is 10.1 Å². The molecule has 1 heterocycles. The molecule has 0 unspecified atom stereocenters. The van der Waals surface area contributed by atoms with E-state index in [1.54, 1.807) is 12.1 Å². The molecule has 2 aromatic rings. The third kappa shape index (κ3) is 13.9. The summed E-state index contributed by atoms with van der Waals surface area (Å²) in [6, 6.07) is 8.06. The molecule has 0 aliphatic heterocycles. The first-order valence-electron chi connectivity index (χ1n) is 13.7. The maximum Gasteiger partial charge on any atom is 0.204 e. The van der Waals surface area contributed by atoms with Crippen molar-refractivity contribution in [2.75, 3.05) is 0 Å². The van der Waals surface area contributed by atoms with E-state index in [0.717, 1.165) is 5.56 Å². The molecule has 5 nitrogen and oxygen atoms in total. The molecule has 0 aliphatic carbocycles. The molecular weight excluding hydrogens is 456 g/mol. The van der Waals surface area contributed by atoms with Gasteiger partial charge in [0.05, 0.1) is 17.1 Å². The van der Waals surface area contributed by atoms with Crippen molar-refractivity contribution < 1.29 is 17.7 Å². The van der Waals surface area contributed by atoms with Crippen molar-refractivity contribution >= 4 is 10.1 Å². The van der Waals surface area contributed by atoms with Gasteiger partial charge in [-0.1, -0.05) is 108 Å². The third-order valence-electron chi connectivity index (χ3n) is 6.73. The highest BCUT2D eigenvalue weighted by atomic mass is 32.2. The van der Waals surface area contributed by atoms with Gasteiger partial charge in [-0.25, -0.2) is 8.42 Å². The molecule has 0 atom stereocenters. The molecule has 0 saturated carbocycles. The van der Waals surface area contributed by atoms with E-state index in [2.05, 4.69) is 43.2 Å². The molecule has 6 heteroatoms. The van der Waals surface area contributed by atoms with Gasteiger partial charge in [0.25, 0.3) is 0 Å².